The zero-order chi connectivity index (χ0) is 21.5. The van der Waals surface area contributed by atoms with Gasteiger partial charge in [-0.05, 0) is 50.6 Å². The first-order valence-electron chi connectivity index (χ1n) is 10.2. The third-order valence-electron chi connectivity index (χ3n) is 4.84. The van der Waals surface area contributed by atoms with Gasteiger partial charge in [0.05, 0.1) is 7.11 Å². The maximum atomic E-state index is 12.9. The van der Waals surface area contributed by atoms with Crippen LogP contribution in [0.1, 0.15) is 30.6 Å². The Morgan fingerprint density at radius 3 is 2.60 bits per heavy atom. The van der Waals surface area contributed by atoms with Crippen LogP contribution in [0.2, 0.25) is 0 Å². The highest BCUT2D eigenvalue weighted by Gasteiger charge is 2.27. The summed E-state index contributed by atoms with van der Waals surface area (Å²) in [7, 11) is 1.51. The van der Waals surface area contributed by atoms with Gasteiger partial charge in [-0.1, -0.05) is 18.2 Å². The van der Waals surface area contributed by atoms with Gasteiger partial charge in [0.25, 0.3) is 11.8 Å². The van der Waals surface area contributed by atoms with E-state index in [1.54, 1.807) is 18.2 Å². The first-order chi connectivity index (χ1) is 14.5. The smallest absolute Gasteiger partial charge is 0.258 e. The van der Waals surface area contributed by atoms with Crippen LogP contribution in [0, 0.1) is 0 Å². The van der Waals surface area contributed by atoms with Crippen molar-refractivity contribution < 1.29 is 19.1 Å². The molecule has 2 amide bonds. The van der Waals surface area contributed by atoms with Crippen molar-refractivity contribution in [2.45, 2.75) is 32.4 Å². The topological polar surface area (TPSA) is 79.9 Å². The van der Waals surface area contributed by atoms with Crippen molar-refractivity contribution in [2.24, 2.45) is 0 Å². The summed E-state index contributed by atoms with van der Waals surface area (Å²) in [5, 5.41) is 6.24. The second kappa shape index (κ2) is 10.0. The summed E-state index contributed by atoms with van der Waals surface area (Å²) >= 11 is 0. The number of carbonyl (C=O) groups excluding carboxylic acids is 2. The molecular formula is C23H29N3O4. The van der Waals surface area contributed by atoms with Crippen LogP contribution in [0.3, 0.4) is 0 Å². The van der Waals surface area contributed by atoms with Crippen LogP contribution in [0.25, 0.3) is 0 Å². The number of para-hydroxylation sites is 1. The van der Waals surface area contributed by atoms with E-state index in [1.165, 1.54) is 7.11 Å². The summed E-state index contributed by atoms with van der Waals surface area (Å²) in [6, 6.07) is 15.3. The Morgan fingerprint density at radius 2 is 1.90 bits per heavy atom. The molecule has 0 radical (unpaired) electrons. The Balaban J connectivity index is 1.60. The number of hydrogen-bond donors (Lipinski definition) is 2. The first kappa shape index (κ1) is 21.5. The van der Waals surface area contributed by atoms with E-state index < -0.39 is 0 Å². The number of nitrogens with one attached hydrogen (secondary N) is 2. The average molecular weight is 412 g/mol. The minimum absolute atomic E-state index is 0.0451. The van der Waals surface area contributed by atoms with Crippen LogP contribution in [0.5, 0.6) is 11.5 Å². The number of methoxy groups -OCH3 is 1. The van der Waals surface area contributed by atoms with Crippen molar-refractivity contribution in [3.8, 4) is 11.5 Å². The number of amides is 2. The Labute approximate surface area is 177 Å². The maximum Gasteiger partial charge on any atom is 0.258 e. The molecule has 0 aliphatic carbocycles. The number of nitrogens with zero attached hydrogens (tertiary/aromatic N) is 1. The number of likely N-dealkylation sites (tertiary alicyclic amines) is 1. The van der Waals surface area contributed by atoms with Gasteiger partial charge in [-0.25, -0.2) is 0 Å². The lowest BCUT2D eigenvalue weighted by Crippen LogP contribution is -2.34. The minimum atomic E-state index is -0.207. The zero-order valence-corrected chi connectivity index (χ0v) is 17.7. The molecule has 1 aliphatic rings. The predicted octanol–water partition coefficient (Wildman–Crippen LogP) is 2.93. The molecule has 3 rings (SSSR count). The molecule has 1 aliphatic heterocycles. The molecule has 0 saturated carbocycles. The number of ether oxygens (including phenoxy) is 2. The highest BCUT2D eigenvalue weighted by atomic mass is 16.5. The largest absolute Gasteiger partial charge is 0.493 e. The molecule has 0 spiro atoms. The van der Waals surface area contributed by atoms with Crippen molar-refractivity contribution in [3.05, 3.63) is 54.1 Å². The SMILES string of the molecule is COc1cc(C(=O)N2CCC(Nc3ccccc3)C2)ccc1OCC(=O)NC(C)C. The fraction of sp³-hybridized carbons (Fsp3) is 0.391. The fourth-order valence-corrected chi connectivity index (χ4v) is 3.44. The van der Waals surface area contributed by atoms with E-state index in [0.29, 0.717) is 30.2 Å². The molecule has 1 atom stereocenters. The van der Waals surface area contributed by atoms with E-state index >= 15 is 0 Å². The second-order valence-corrected chi connectivity index (χ2v) is 7.62. The Hall–Kier alpha value is -3.22. The molecule has 1 fully saturated rings. The lowest BCUT2D eigenvalue weighted by Gasteiger charge is -2.19. The van der Waals surface area contributed by atoms with Crippen molar-refractivity contribution >= 4 is 17.5 Å². The number of carbonyl (C=O) groups is 2. The van der Waals surface area contributed by atoms with Crippen LogP contribution < -0.4 is 20.1 Å². The monoisotopic (exact) mass is 411 g/mol. The predicted molar refractivity (Wildman–Crippen MR) is 116 cm³/mol. The van der Waals surface area contributed by atoms with Gasteiger partial charge in [0.2, 0.25) is 0 Å². The van der Waals surface area contributed by atoms with E-state index in [2.05, 4.69) is 10.6 Å². The van der Waals surface area contributed by atoms with E-state index in [4.69, 9.17) is 9.47 Å². The van der Waals surface area contributed by atoms with Crippen LogP contribution in [0.15, 0.2) is 48.5 Å². The van der Waals surface area contributed by atoms with Crippen molar-refractivity contribution in [2.75, 3.05) is 32.1 Å². The third-order valence-corrected chi connectivity index (χ3v) is 4.84. The van der Waals surface area contributed by atoms with Gasteiger partial charge in [-0.3, -0.25) is 9.59 Å². The van der Waals surface area contributed by atoms with Gasteiger partial charge in [0, 0.05) is 36.4 Å². The highest BCUT2D eigenvalue weighted by molar-refractivity contribution is 5.95. The van der Waals surface area contributed by atoms with Crippen molar-refractivity contribution in [1.29, 1.82) is 0 Å². The second-order valence-electron chi connectivity index (χ2n) is 7.62. The van der Waals surface area contributed by atoms with Gasteiger partial charge in [-0.15, -0.1) is 0 Å². The van der Waals surface area contributed by atoms with Gasteiger partial charge < -0.3 is 25.0 Å². The van der Waals surface area contributed by atoms with Gasteiger partial charge in [0.1, 0.15) is 0 Å². The lowest BCUT2D eigenvalue weighted by molar-refractivity contribution is -0.123. The molecule has 2 N–H and O–H groups in total. The summed E-state index contributed by atoms with van der Waals surface area (Å²) in [4.78, 5) is 26.6. The van der Waals surface area contributed by atoms with Gasteiger partial charge in [0.15, 0.2) is 18.1 Å². The lowest BCUT2D eigenvalue weighted by atomic mass is 10.1. The fourth-order valence-electron chi connectivity index (χ4n) is 3.44. The van der Waals surface area contributed by atoms with E-state index in [1.807, 2.05) is 49.1 Å². The molecular weight excluding hydrogens is 382 g/mol. The number of rotatable bonds is 8. The summed E-state index contributed by atoms with van der Waals surface area (Å²) in [6.45, 7) is 5.00. The molecule has 30 heavy (non-hydrogen) atoms. The number of anilines is 1. The van der Waals surface area contributed by atoms with E-state index in [-0.39, 0.29) is 30.5 Å². The molecule has 7 nitrogen and oxygen atoms in total. The standard InChI is InChI=1S/C23H29N3O4/c1-16(2)24-22(27)15-30-20-10-9-17(13-21(20)29-3)23(28)26-12-11-19(14-26)25-18-7-5-4-6-8-18/h4-10,13,16,19,25H,11-12,14-15H2,1-3H3,(H,24,27). The van der Waals surface area contributed by atoms with E-state index in [9.17, 15) is 9.59 Å². The normalized spacial score (nSPS) is 15.7. The Morgan fingerprint density at radius 1 is 1.13 bits per heavy atom. The Kier molecular flexibility index (Phi) is 7.17. The highest BCUT2D eigenvalue weighted by Crippen LogP contribution is 2.29. The summed E-state index contributed by atoms with van der Waals surface area (Å²) in [5.74, 6) is 0.602. The zero-order valence-electron chi connectivity index (χ0n) is 17.7. The summed E-state index contributed by atoms with van der Waals surface area (Å²) in [6.07, 6.45) is 0.893. The molecule has 1 unspecified atom stereocenters. The van der Waals surface area contributed by atoms with E-state index in [0.717, 1.165) is 12.1 Å². The molecule has 160 valence electrons. The first-order valence-corrected chi connectivity index (χ1v) is 10.2. The average Bonchev–Trinajstić information content (AvgIpc) is 3.20. The quantitative estimate of drug-likeness (QED) is 0.698. The molecule has 1 saturated heterocycles. The summed E-state index contributed by atoms with van der Waals surface area (Å²) < 4.78 is 10.9. The van der Waals surface area contributed by atoms with Crippen molar-refractivity contribution in [1.82, 2.24) is 10.2 Å². The van der Waals surface area contributed by atoms with Crippen LogP contribution in [-0.2, 0) is 4.79 Å². The van der Waals surface area contributed by atoms with Gasteiger partial charge in [-0.2, -0.15) is 0 Å². The van der Waals surface area contributed by atoms with Crippen LogP contribution >= 0.6 is 0 Å². The number of hydrogen-bond acceptors (Lipinski definition) is 5. The van der Waals surface area contributed by atoms with Crippen molar-refractivity contribution in [3.63, 3.8) is 0 Å². The van der Waals surface area contributed by atoms with Gasteiger partial charge >= 0.3 is 0 Å². The van der Waals surface area contributed by atoms with Crippen LogP contribution in [-0.4, -0.2) is 55.6 Å². The number of benzene rings is 2. The maximum absolute atomic E-state index is 12.9. The molecule has 0 bridgehead atoms. The van der Waals surface area contributed by atoms with Crippen LogP contribution in [0.4, 0.5) is 5.69 Å². The molecule has 1 heterocycles. The molecule has 0 aromatic heterocycles. The molecule has 7 heteroatoms. The summed E-state index contributed by atoms with van der Waals surface area (Å²) in [5.41, 5.74) is 1.59. The molecule has 2 aromatic rings. The minimum Gasteiger partial charge on any atom is -0.493 e. The third kappa shape index (κ3) is 5.65. The molecule has 2 aromatic carbocycles. The Bertz CT molecular complexity index is 870.